The van der Waals surface area contributed by atoms with Crippen molar-refractivity contribution in [1.82, 2.24) is 4.31 Å². The van der Waals surface area contributed by atoms with Crippen molar-refractivity contribution in [3.63, 3.8) is 0 Å². The van der Waals surface area contributed by atoms with Crippen LogP contribution in [0.2, 0.25) is 0 Å². The Morgan fingerprint density at radius 2 is 1.54 bits per heavy atom. The molecule has 2 saturated heterocycles. The Labute approximate surface area is 143 Å². The van der Waals surface area contributed by atoms with Crippen molar-refractivity contribution in [2.75, 3.05) is 26.0 Å². The Bertz CT molecular complexity index is 780. The number of hydrogen-bond donors (Lipinski definition) is 0. The summed E-state index contributed by atoms with van der Waals surface area (Å²) in [5.74, 6) is 0.339. The van der Waals surface area contributed by atoms with Gasteiger partial charge in [0.2, 0.25) is 10.0 Å². The molecule has 0 radical (unpaired) electrons. The molecule has 8 heteroatoms. The molecule has 0 saturated carbocycles. The number of benzene rings is 1. The number of rotatable bonds is 4. The van der Waals surface area contributed by atoms with Crippen LogP contribution in [0, 0.1) is 5.92 Å². The van der Waals surface area contributed by atoms with E-state index in [2.05, 4.69) is 0 Å². The van der Waals surface area contributed by atoms with E-state index in [4.69, 9.17) is 4.74 Å². The van der Waals surface area contributed by atoms with Gasteiger partial charge >= 0.3 is 0 Å². The molecule has 2 heterocycles. The monoisotopic (exact) mass is 373 g/mol. The Balaban J connectivity index is 1.86. The van der Waals surface area contributed by atoms with Gasteiger partial charge in [-0.1, -0.05) is 0 Å². The van der Waals surface area contributed by atoms with Crippen LogP contribution >= 0.6 is 0 Å². The lowest BCUT2D eigenvalue weighted by Gasteiger charge is -2.33. The first-order valence-corrected chi connectivity index (χ1v) is 11.5. The van der Waals surface area contributed by atoms with Gasteiger partial charge in [0, 0.05) is 32.1 Å². The first-order valence-electron chi connectivity index (χ1n) is 8.20. The molecule has 3 rings (SSSR count). The quantitative estimate of drug-likeness (QED) is 0.802. The molecule has 1 aromatic carbocycles. The average Bonchev–Trinajstić information content (AvgIpc) is 3.05. The van der Waals surface area contributed by atoms with Crippen LogP contribution < -0.4 is 0 Å². The normalized spacial score (nSPS) is 24.3. The zero-order valence-corrected chi connectivity index (χ0v) is 15.4. The van der Waals surface area contributed by atoms with E-state index in [1.54, 1.807) is 4.31 Å². The fraction of sp³-hybridized carbons (Fsp3) is 0.625. The maximum absolute atomic E-state index is 13.0. The zero-order valence-electron chi connectivity index (χ0n) is 13.7. The number of sulfone groups is 1. The van der Waals surface area contributed by atoms with Gasteiger partial charge in [-0.2, -0.15) is 4.31 Å². The second kappa shape index (κ2) is 6.74. The molecule has 0 spiro atoms. The highest BCUT2D eigenvalue weighted by molar-refractivity contribution is 7.90. The van der Waals surface area contributed by atoms with E-state index in [-0.39, 0.29) is 15.8 Å². The van der Waals surface area contributed by atoms with Crippen LogP contribution in [0.3, 0.4) is 0 Å². The van der Waals surface area contributed by atoms with Gasteiger partial charge in [0.05, 0.1) is 9.79 Å². The second-order valence-electron chi connectivity index (χ2n) is 6.52. The maximum Gasteiger partial charge on any atom is 0.243 e. The minimum atomic E-state index is -3.60. The van der Waals surface area contributed by atoms with E-state index in [9.17, 15) is 16.8 Å². The van der Waals surface area contributed by atoms with E-state index in [1.165, 1.54) is 24.3 Å². The molecule has 0 amide bonds. The molecule has 2 fully saturated rings. The van der Waals surface area contributed by atoms with Crippen molar-refractivity contribution in [2.24, 2.45) is 5.92 Å². The van der Waals surface area contributed by atoms with E-state index < -0.39 is 19.9 Å². The van der Waals surface area contributed by atoms with E-state index in [0.29, 0.717) is 25.7 Å². The molecule has 0 N–H and O–H groups in total. The van der Waals surface area contributed by atoms with Crippen LogP contribution in [-0.2, 0) is 24.6 Å². The smallest absolute Gasteiger partial charge is 0.243 e. The van der Waals surface area contributed by atoms with Crippen LogP contribution in [0.1, 0.15) is 25.7 Å². The highest BCUT2D eigenvalue weighted by Crippen LogP contribution is 2.34. The summed E-state index contributed by atoms with van der Waals surface area (Å²) in [4.78, 5) is 0.290. The van der Waals surface area contributed by atoms with Crippen molar-refractivity contribution >= 4 is 19.9 Å². The van der Waals surface area contributed by atoms with Crippen LogP contribution in [-0.4, -0.2) is 53.2 Å². The first kappa shape index (κ1) is 17.8. The van der Waals surface area contributed by atoms with Crippen molar-refractivity contribution in [1.29, 1.82) is 0 Å². The van der Waals surface area contributed by atoms with Gasteiger partial charge in [-0.15, -0.1) is 0 Å². The van der Waals surface area contributed by atoms with Gasteiger partial charge in [-0.25, -0.2) is 16.8 Å². The topological polar surface area (TPSA) is 80.8 Å². The predicted octanol–water partition coefficient (Wildman–Crippen LogP) is 1.67. The number of ether oxygens (including phenoxy) is 1. The lowest BCUT2D eigenvalue weighted by molar-refractivity contribution is 0.0476. The third-order valence-electron chi connectivity index (χ3n) is 4.92. The summed E-state index contributed by atoms with van der Waals surface area (Å²) in [6.45, 7) is 1.91. The van der Waals surface area contributed by atoms with Gasteiger partial charge in [0.25, 0.3) is 0 Å². The molecule has 1 unspecified atom stereocenters. The fourth-order valence-corrected chi connectivity index (χ4v) is 6.01. The largest absolute Gasteiger partial charge is 0.381 e. The SMILES string of the molecule is CS(=O)(=O)c1ccc(S(=O)(=O)N2CCCC2C2CCOCC2)cc1. The third kappa shape index (κ3) is 3.51. The van der Waals surface area contributed by atoms with Crippen molar-refractivity contribution in [3.05, 3.63) is 24.3 Å². The zero-order chi connectivity index (χ0) is 17.4. The predicted molar refractivity (Wildman–Crippen MR) is 90.0 cm³/mol. The van der Waals surface area contributed by atoms with Gasteiger partial charge in [0.15, 0.2) is 9.84 Å². The first-order chi connectivity index (χ1) is 11.3. The molecule has 24 heavy (non-hydrogen) atoms. The van der Waals surface area contributed by atoms with Crippen molar-refractivity contribution in [3.8, 4) is 0 Å². The summed E-state index contributed by atoms with van der Waals surface area (Å²) in [6, 6.07) is 5.54. The fourth-order valence-electron chi connectivity index (χ4n) is 3.63. The Kier molecular flexibility index (Phi) is 5.01. The average molecular weight is 373 g/mol. The molecule has 2 aliphatic rings. The molecule has 1 aromatic rings. The molecule has 0 aromatic heterocycles. The van der Waals surface area contributed by atoms with Gasteiger partial charge in [-0.3, -0.25) is 0 Å². The van der Waals surface area contributed by atoms with E-state index in [0.717, 1.165) is 31.9 Å². The molecule has 0 aliphatic carbocycles. The molecular weight excluding hydrogens is 350 g/mol. The Morgan fingerprint density at radius 3 is 2.12 bits per heavy atom. The lowest BCUT2D eigenvalue weighted by Crippen LogP contribution is -2.41. The van der Waals surface area contributed by atoms with Gasteiger partial charge in [-0.05, 0) is 55.9 Å². The summed E-state index contributed by atoms with van der Waals surface area (Å²) in [5.41, 5.74) is 0. The summed E-state index contributed by atoms with van der Waals surface area (Å²) < 4.78 is 56.1. The van der Waals surface area contributed by atoms with E-state index >= 15 is 0 Å². The molecule has 2 aliphatic heterocycles. The highest BCUT2D eigenvalue weighted by atomic mass is 32.2. The third-order valence-corrected chi connectivity index (χ3v) is 7.98. The summed E-state index contributed by atoms with van der Waals surface area (Å²) >= 11 is 0. The number of sulfonamides is 1. The standard InChI is InChI=1S/C16H23NO5S2/c1-23(18,19)14-4-6-15(7-5-14)24(20,21)17-10-2-3-16(17)13-8-11-22-12-9-13/h4-7,13,16H,2-3,8-12H2,1H3. The minimum absolute atomic E-state index is 0.0217. The molecular formula is C16H23NO5S2. The Hall–Kier alpha value is -0.960. The number of nitrogens with zero attached hydrogens (tertiary/aromatic N) is 1. The highest BCUT2D eigenvalue weighted by Gasteiger charge is 2.39. The van der Waals surface area contributed by atoms with Crippen LogP contribution in [0.15, 0.2) is 34.1 Å². The summed E-state index contributed by atoms with van der Waals surface area (Å²) in [6.07, 6.45) is 4.64. The molecule has 1 atom stereocenters. The second-order valence-corrected chi connectivity index (χ2v) is 10.4. The molecule has 6 nitrogen and oxygen atoms in total. The van der Waals surface area contributed by atoms with Crippen molar-refractivity contribution < 1.29 is 21.6 Å². The van der Waals surface area contributed by atoms with Crippen LogP contribution in [0.5, 0.6) is 0 Å². The van der Waals surface area contributed by atoms with Crippen LogP contribution in [0.25, 0.3) is 0 Å². The van der Waals surface area contributed by atoms with E-state index in [1.807, 2.05) is 0 Å². The Morgan fingerprint density at radius 1 is 0.958 bits per heavy atom. The molecule has 0 bridgehead atoms. The molecule has 134 valence electrons. The summed E-state index contributed by atoms with van der Waals surface area (Å²) in [7, 11) is -6.94. The number of hydrogen-bond acceptors (Lipinski definition) is 5. The maximum atomic E-state index is 13.0. The summed E-state index contributed by atoms with van der Waals surface area (Å²) in [5, 5.41) is 0. The van der Waals surface area contributed by atoms with Crippen LogP contribution in [0.4, 0.5) is 0 Å². The lowest BCUT2D eigenvalue weighted by atomic mass is 9.91. The van der Waals surface area contributed by atoms with Crippen molar-refractivity contribution in [2.45, 2.75) is 41.5 Å². The van der Waals surface area contributed by atoms with Gasteiger partial charge < -0.3 is 4.74 Å². The minimum Gasteiger partial charge on any atom is -0.381 e. The van der Waals surface area contributed by atoms with Gasteiger partial charge in [0.1, 0.15) is 0 Å².